The van der Waals surface area contributed by atoms with E-state index in [1.807, 2.05) is 65.3 Å². The number of hydrogen-bond acceptors (Lipinski definition) is 2. The Kier molecular flexibility index (Phi) is 2.86. The minimum absolute atomic E-state index is 0.119. The Balaban J connectivity index is 2.09. The van der Waals surface area contributed by atoms with E-state index in [1.54, 1.807) is 12.3 Å². The molecule has 0 aliphatic carbocycles. The maximum atomic E-state index is 11.7. The predicted octanol–water partition coefficient (Wildman–Crippen LogP) is 3.36. The molecule has 4 nitrogen and oxygen atoms in total. The highest BCUT2D eigenvalue weighted by Crippen LogP contribution is 2.34. The van der Waals surface area contributed by atoms with Crippen LogP contribution < -0.4 is 5.56 Å². The first kappa shape index (κ1) is 12.6. The van der Waals surface area contributed by atoms with Gasteiger partial charge in [-0.15, -0.1) is 0 Å². The van der Waals surface area contributed by atoms with Crippen LogP contribution in [0.4, 0.5) is 0 Å². The topological polar surface area (TPSA) is 50.2 Å². The number of nitrogens with one attached hydrogen (secondary N) is 1. The molecule has 0 atom stereocenters. The van der Waals surface area contributed by atoms with Crippen LogP contribution in [0.25, 0.3) is 27.9 Å². The third-order valence-electron chi connectivity index (χ3n) is 3.65. The minimum Gasteiger partial charge on any atom is -0.329 e. The highest BCUT2D eigenvalue weighted by atomic mass is 16.1. The minimum atomic E-state index is -0.119. The largest absolute Gasteiger partial charge is 0.329 e. The summed E-state index contributed by atoms with van der Waals surface area (Å²) in [5.41, 5.74) is 4.60. The van der Waals surface area contributed by atoms with Crippen molar-refractivity contribution in [3.63, 3.8) is 0 Å². The summed E-state index contributed by atoms with van der Waals surface area (Å²) in [6.07, 6.45) is 3.58. The molecule has 4 aromatic rings. The molecule has 0 aliphatic heterocycles. The molecule has 0 radical (unpaired) electrons. The van der Waals surface area contributed by atoms with E-state index in [0.717, 1.165) is 27.9 Å². The van der Waals surface area contributed by atoms with Crippen molar-refractivity contribution in [1.82, 2.24) is 14.6 Å². The number of hydrogen-bond donors (Lipinski definition) is 1. The van der Waals surface area contributed by atoms with E-state index in [4.69, 9.17) is 5.10 Å². The van der Waals surface area contributed by atoms with E-state index in [0.29, 0.717) is 0 Å². The molecule has 0 fully saturated rings. The number of aromatic nitrogens is 3. The summed E-state index contributed by atoms with van der Waals surface area (Å²) >= 11 is 0. The van der Waals surface area contributed by atoms with E-state index < -0.39 is 0 Å². The maximum Gasteiger partial charge on any atom is 0.248 e. The molecule has 0 aliphatic rings. The molecule has 4 heteroatoms. The smallest absolute Gasteiger partial charge is 0.248 e. The molecular formula is C18H13N3O. The number of rotatable bonds is 2. The summed E-state index contributed by atoms with van der Waals surface area (Å²) in [6.45, 7) is 0. The third kappa shape index (κ3) is 2.02. The van der Waals surface area contributed by atoms with Gasteiger partial charge < -0.3 is 4.98 Å². The van der Waals surface area contributed by atoms with Gasteiger partial charge in [-0.05, 0) is 23.8 Å². The van der Waals surface area contributed by atoms with Crippen molar-refractivity contribution in [3.05, 3.63) is 83.4 Å². The first-order chi connectivity index (χ1) is 10.8. The third-order valence-corrected chi connectivity index (χ3v) is 3.65. The SMILES string of the molecule is O=c1cc(-c2c(-c3ccccc3)nn3ccccc23)cc[nH]1. The average Bonchev–Trinajstić information content (AvgIpc) is 2.95. The maximum absolute atomic E-state index is 11.7. The lowest BCUT2D eigenvalue weighted by Crippen LogP contribution is -2.02. The fourth-order valence-corrected chi connectivity index (χ4v) is 2.68. The van der Waals surface area contributed by atoms with Gasteiger partial charge in [-0.2, -0.15) is 5.10 Å². The summed E-state index contributed by atoms with van der Waals surface area (Å²) in [5.74, 6) is 0. The van der Waals surface area contributed by atoms with Gasteiger partial charge in [0.15, 0.2) is 0 Å². The number of aromatic amines is 1. The van der Waals surface area contributed by atoms with Crippen molar-refractivity contribution in [3.8, 4) is 22.4 Å². The number of pyridine rings is 2. The molecule has 3 aromatic heterocycles. The molecule has 0 saturated heterocycles. The number of benzene rings is 1. The van der Waals surface area contributed by atoms with E-state index in [2.05, 4.69) is 4.98 Å². The zero-order valence-corrected chi connectivity index (χ0v) is 11.7. The van der Waals surface area contributed by atoms with Crippen LogP contribution in [0.5, 0.6) is 0 Å². The Morgan fingerprint density at radius 3 is 2.55 bits per heavy atom. The highest BCUT2D eigenvalue weighted by Gasteiger charge is 2.16. The van der Waals surface area contributed by atoms with Crippen molar-refractivity contribution in [2.75, 3.05) is 0 Å². The summed E-state index contributed by atoms with van der Waals surface area (Å²) in [6, 6.07) is 19.4. The molecule has 0 saturated carbocycles. The van der Waals surface area contributed by atoms with Crippen molar-refractivity contribution in [1.29, 1.82) is 0 Å². The number of H-pyrrole nitrogens is 1. The van der Waals surface area contributed by atoms with Gasteiger partial charge in [0, 0.05) is 29.6 Å². The van der Waals surface area contributed by atoms with Crippen LogP contribution in [0.1, 0.15) is 0 Å². The highest BCUT2D eigenvalue weighted by molar-refractivity contribution is 5.91. The zero-order chi connectivity index (χ0) is 14.9. The fraction of sp³-hybridized carbons (Fsp3) is 0. The van der Waals surface area contributed by atoms with E-state index in [1.165, 1.54) is 0 Å². The molecule has 0 amide bonds. The monoisotopic (exact) mass is 287 g/mol. The number of nitrogens with zero attached hydrogens (tertiary/aromatic N) is 2. The summed E-state index contributed by atoms with van der Waals surface area (Å²) < 4.78 is 1.85. The Morgan fingerprint density at radius 2 is 1.73 bits per heavy atom. The van der Waals surface area contributed by atoms with Crippen LogP contribution in [-0.4, -0.2) is 14.6 Å². The van der Waals surface area contributed by atoms with Crippen molar-refractivity contribution in [2.24, 2.45) is 0 Å². The van der Waals surface area contributed by atoms with Gasteiger partial charge in [0.05, 0.1) is 5.52 Å². The first-order valence-corrected chi connectivity index (χ1v) is 7.05. The molecular weight excluding hydrogens is 274 g/mol. The summed E-state index contributed by atoms with van der Waals surface area (Å²) in [4.78, 5) is 14.3. The fourth-order valence-electron chi connectivity index (χ4n) is 2.68. The normalized spacial score (nSPS) is 10.9. The molecule has 0 bridgehead atoms. The average molecular weight is 287 g/mol. The lowest BCUT2D eigenvalue weighted by atomic mass is 10.0. The first-order valence-electron chi connectivity index (χ1n) is 7.05. The van der Waals surface area contributed by atoms with Crippen LogP contribution in [0.2, 0.25) is 0 Å². The van der Waals surface area contributed by atoms with Crippen molar-refractivity contribution >= 4 is 5.52 Å². The predicted molar refractivity (Wildman–Crippen MR) is 86.7 cm³/mol. The summed E-state index contributed by atoms with van der Waals surface area (Å²) in [5, 5.41) is 4.69. The molecule has 22 heavy (non-hydrogen) atoms. The lowest BCUT2D eigenvalue weighted by molar-refractivity contribution is 0.966. The lowest BCUT2D eigenvalue weighted by Gasteiger charge is -2.03. The van der Waals surface area contributed by atoms with Crippen LogP contribution in [-0.2, 0) is 0 Å². The van der Waals surface area contributed by atoms with Gasteiger partial charge in [-0.25, -0.2) is 4.52 Å². The Labute approximate surface area is 126 Å². The quantitative estimate of drug-likeness (QED) is 0.614. The summed E-state index contributed by atoms with van der Waals surface area (Å²) in [7, 11) is 0. The van der Waals surface area contributed by atoms with Crippen LogP contribution >= 0.6 is 0 Å². The standard InChI is InChI=1S/C18H13N3O/c22-16-12-14(9-10-19-16)17-15-8-4-5-11-21(15)20-18(17)13-6-2-1-3-7-13/h1-12H,(H,19,22). The van der Waals surface area contributed by atoms with E-state index in [9.17, 15) is 4.79 Å². The molecule has 1 N–H and O–H groups in total. The van der Waals surface area contributed by atoms with Gasteiger partial charge in [-0.3, -0.25) is 4.79 Å². The Morgan fingerprint density at radius 1 is 0.909 bits per heavy atom. The van der Waals surface area contributed by atoms with Gasteiger partial charge in [0.2, 0.25) is 5.56 Å². The zero-order valence-electron chi connectivity index (χ0n) is 11.7. The Hall–Kier alpha value is -3.14. The molecule has 0 unspecified atom stereocenters. The van der Waals surface area contributed by atoms with Gasteiger partial charge in [-0.1, -0.05) is 36.4 Å². The molecule has 4 rings (SSSR count). The van der Waals surface area contributed by atoms with E-state index >= 15 is 0 Å². The van der Waals surface area contributed by atoms with Crippen molar-refractivity contribution < 1.29 is 0 Å². The van der Waals surface area contributed by atoms with Crippen molar-refractivity contribution in [2.45, 2.75) is 0 Å². The second kappa shape index (κ2) is 5.00. The number of fused-ring (bicyclic) bond motifs is 1. The molecule has 0 spiro atoms. The van der Waals surface area contributed by atoms with Gasteiger partial charge in [0.25, 0.3) is 0 Å². The molecule has 3 heterocycles. The van der Waals surface area contributed by atoms with E-state index in [-0.39, 0.29) is 5.56 Å². The molecule has 1 aromatic carbocycles. The van der Waals surface area contributed by atoms with Crippen LogP contribution in [0, 0.1) is 0 Å². The Bertz CT molecular complexity index is 999. The van der Waals surface area contributed by atoms with Crippen LogP contribution in [0.3, 0.4) is 0 Å². The van der Waals surface area contributed by atoms with Gasteiger partial charge in [0.1, 0.15) is 5.69 Å². The second-order valence-electron chi connectivity index (χ2n) is 5.06. The van der Waals surface area contributed by atoms with Gasteiger partial charge >= 0.3 is 0 Å². The van der Waals surface area contributed by atoms with Crippen LogP contribution in [0.15, 0.2) is 77.9 Å². The second-order valence-corrected chi connectivity index (χ2v) is 5.06. The molecule has 106 valence electrons.